The van der Waals surface area contributed by atoms with Crippen molar-refractivity contribution in [1.29, 1.82) is 0 Å². The van der Waals surface area contributed by atoms with E-state index in [1.54, 1.807) is 84.6 Å². The first kappa shape index (κ1) is 39.7. The molecule has 0 saturated heterocycles. The van der Waals surface area contributed by atoms with Gasteiger partial charge < -0.3 is 19.6 Å². The number of allylic oxidation sites excluding steroid dienone is 4. The zero-order chi connectivity index (χ0) is 38.6. The van der Waals surface area contributed by atoms with E-state index in [2.05, 4.69) is 35.7 Å². The van der Waals surface area contributed by atoms with Crippen LogP contribution in [0.3, 0.4) is 0 Å². The Morgan fingerprint density at radius 3 is 1.46 bits per heavy atom. The van der Waals surface area contributed by atoms with Gasteiger partial charge in [-0.15, -0.1) is 13.2 Å². The summed E-state index contributed by atoms with van der Waals surface area (Å²) in [5.74, 6) is -0.873. The second-order valence-corrected chi connectivity index (χ2v) is 14.2. The SMILES string of the molecule is C=CCCCN(C(=O)c1ccc(N(C)C(=O)c2ccc(N(C)C(=O)c3ccc(N(CCCC=C)C(=O)C4C=CC=C4I)cc3)cc2)cc1)c1ccccc1. The summed E-state index contributed by atoms with van der Waals surface area (Å²) in [6.07, 6.45) is 12.6. The molecule has 1 atom stereocenters. The van der Waals surface area contributed by atoms with Crippen LogP contribution in [0.25, 0.3) is 0 Å². The number of para-hydroxylation sites is 1. The lowest BCUT2D eigenvalue weighted by molar-refractivity contribution is -0.119. The Morgan fingerprint density at radius 2 is 1.02 bits per heavy atom. The van der Waals surface area contributed by atoms with E-state index in [1.807, 2.05) is 72.8 Å². The first-order valence-electron chi connectivity index (χ1n) is 17.9. The average Bonchev–Trinajstić information content (AvgIpc) is 3.65. The molecule has 4 aromatic rings. The molecule has 4 aromatic carbocycles. The molecule has 0 spiro atoms. The van der Waals surface area contributed by atoms with Gasteiger partial charge in [0.1, 0.15) is 0 Å². The van der Waals surface area contributed by atoms with E-state index in [1.165, 1.54) is 9.80 Å². The maximum absolute atomic E-state index is 13.5. The third kappa shape index (κ3) is 9.51. The van der Waals surface area contributed by atoms with E-state index in [-0.39, 0.29) is 29.5 Å². The molecule has 0 heterocycles. The number of unbranched alkanes of at least 4 members (excludes halogenated alkanes) is 2. The minimum atomic E-state index is -0.304. The molecule has 0 radical (unpaired) electrons. The Labute approximate surface area is 331 Å². The van der Waals surface area contributed by atoms with Gasteiger partial charge in [0.2, 0.25) is 5.91 Å². The largest absolute Gasteiger partial charge is 0.312 e. The first-order chi connectivity index (χ1) is 26.1. The van der Waals surface area contributed by atoms with Crippen LogP contribution in [-0.2, 0) is 4.79 Å². The molecule has 1 unspecified atom stereocenters. The summed E-state index contributed by atoms with van der Waals surface area (Å²) in [5.41, 5.74) is 4.27. The van der Waals surface area contributed by atoms with Crippen LogP contribution in [0.4, 0.5) is 22.7 Å². The molecule has 0 saturated carbocycles. The van der Waals surface area contributed by atoms with Crippen LogP contribution in [0.15, 0.2) is 150 Å². The number of carbonyl (C=O) groups excluding carboxylic acids is 4. The van der Waals surface area contributed by atoms with Gasteiger partial charge in [0.15, 0.2) is 0 Å². The van der Waals surface area contributed by atoms with E-state index in [9.17, 15) is 19.2 Å². The molecule has 4 amide bonds. The van der Waals surface area contributed by atoms with Gasteiger partial charge in [-0.3, -0.25) is 19.2 Å². The van der Waals surface area contributed by atoms with E-state index in [0.717, 1.165) is 40.6 Å². The number of hydrogen-bond donors (Lipinski definition) is 0. The minimum Gasteiger partial charge on any atom is -0.312 e. The Hall–Kier alpha value is -5.55. The number of carbonyl (C=O) groups is 4. The van der Waals surface area contributed by atoms with Crippen molar-refractivity contribution >= 4 is 69.0 Å². The minimum absolute atomic E-state index is 0.00210. The number of halogens is 1. The molecule has 5 rings (SSSR count). The normalized spacial score (nSPS) is 13.1. The molecule has 0 fully saturated rings. The van der Waals surface area contributed by atoms with Gasteiger partial charge in [0, 0.05) is 70.2 Å². The topological polar surface area (TPSA) is 81.2 Å². The van der Waals surface area contributed by atoms with Crippen molar-refractivity contribution in [2.75, 3.05) is 46.8 Å². The second kappa shape index (κ2) is 19.0. The summed E-state index contributed by atoms with van der Waals surface area (Å²) < 4.78 is 0.975. The Balaban J connectivity index is 1.23. The highest BCUT2D eigenvalue weighted by Gasteiger charge is 2.27. The summed E-state index contributed by atoms with van der Waals surface area (Å²) in [6, 6.07) is 30.6. The molecule has 54 heavy (non-hydrogen) atoms. The summed E-state index contributed by atoms with van der Waals surface area (Å²) in [6.45, 7) is 8.70. The highest BCUT2D eigenvalue weighted by atomic mass is 127. The Morgan fingerprint density at radius 1 is 0.593 bits per heavy atom. The predicted molar refractivity (Wildman–Crippen MR) is 229 cm³/mol. The van der Waals surface area contributed by atoms with Crippen LogP contribution < -0.4 is 19.6 Å². The lowest BCUT2D eigenvalue weighted by Gasteiger charge is -2.26. The lowest BCUT2D eigenvalue weighted by Crippen LogP contribution is -2.36. The number of amides is 4. The van der Waals surface area contributed by atoms with Gasteiger partial charge in [0.25, 0.3) is 17.7 Å². The first-order valence-corrected chi connectivity index (χ1v) is 19.0. The fourth-order valence-electron chi connectivity index (χ4n) is 6.15. The number of nitrogens with zero attached hydrogens (tertiary/aromatic N) is 4. The predicted octanol–water partition coefficient (Wildman–Crippen LogP) is 9.66. The number of hydrogen-bond acceptors (Lipinski definition) is 4. The molecule has 0 N–H and O–H groups in total. The van der Waals surface area contributed by atoms with Gasteiger partial charge in [-0.05, 0) is 133 Å². The fraction of sp³-hybridized carbons (Fsp3) is 0.200. The van der Waals surface area contributed by atoms with Crippen LogP contribution in [0.1, 0.15) is 56.8 Å². The molecule has 8 nitrogen and oxygen atoms in total. The van der Waals surface area contributed by atoms with Crippen LogP contribution in [0, 0.1) is 5.92 Å². The highest BCUT2D eigenvalue weighted by molar-refractivity contribution is 14.1. The molecular weight excluding hydrogens is 787 g/mol. The Kier molecular flexibility index (Phi) is 13.9. The molecule has 0 aliphatic heterocycles. The molecule has 1 aliphatic rings. The van der Waals surface area contributed by atoms with Gasteiger partial charge in [0.05, 0.1) is 5.92 Å². The van der Waals surface area contributed by atoms with Gasteiger partial charge in [-0.1, -0.05) is 48.6 Å². The number of anilines is 4. The van der Waals surface area contributed by atoms with Crippen molar-refractivity contribution in [2.45, 2.75) is 25.7 Å². The van der Waals surface area contributed by atoms with E-state index in [0.29, 0.717) is 41.2 Å². The summed E-state index contributed by atoms with van der Waals surface area (Å²) in [7, 11) is 3.38. The van der Waals surface area contributed by atoms with E-state index < -0.39 is 0 Å². The molecule has 0 aromatic heterocycles. The maximum Gasteiger partial charge on any atom is 0.258 e. The van der Waals surface area contributed by atoms with Crippen molar-refractivity contribution < 1.29 is 19.2 Å². The van der Waals surface area contributed by atoms with Crippen molar-refractivity contribution in [2.24, 2.45) is 5.92 Å². The molecule has 1 aliphatic carbocycles. The van der Waals surface area contributed by atoms with Crippen LogP contribution in [0.5, 0.6) is 0 Å². The molecular formula is C45H45IN4O4. The van der Waals surface area contributed by atoms with E-state index >= 15 is 0 Å². The maximum atomic E-state index is 13.5. The highest BCUT2D eigenvalue weighted by Crippen LogP contribution is 2.30. The smallest absolute Gasteiger partial charge is 0.258 e. The van der Waals surface area contributed by atoms with E-state index in [4.69, 9.17) is 0 Å². The zero-order valence-electron chi connectivity index (χ0n) is 30.7. The van der Waals surface area contributed by atoms with Crippen molar-refractivity contribution in [3.63, 3.8) is 0 Å². The summed E-state index contributed by atoms with van der Waals surface area (Å²) in [5, 5.41) is 0. The monoisotopic (exact) mass is 832 g/mol. The van der Waals surface area contributed by atoms with Crippen LogP contribution in [0.2, 0.25) is 0 Å². The van der Waals surface area contributed by atoms with Crippen molar-refractivity contribution in [1.82, 2.24) is 0 Å². The average molecular weight is 833 g/mol. The third-order valence-electron chi connectivity index (χ3n) is 9.32. The number of benzene rings is 4. The third-order valence-corrected chi connectivity index (χ3v) is 10.4. The van der Waals surface area contributed by atoms with Crippen molar-refractivity contribution in [3.8, 4) is 0 Å². The lowest BCUT2D eigenvalue weighted by atomic mass is 10.1. The molecule has 9 heteroatoms. The fourth-order valence-corrected chi connectivity index (χ4v) is 6.83. The summed E-state index contributed by atoms with van der Waals surface area (Å²) in [4.78, 5) is 60.6. The van der Waals surface area contributed by atoms with Crippen LogP contribution in [-0.4, -0.2) is 50.8 Å². The Bertz CT molecular complexity index is 2020. The van der Waals surface area contributed by atoms with Crippen molar-refractivity contribution in [3.05, 3.63) is 167 Å². The van der Waals surface area contributed by atoms with Gasteiger partial charge >= 0.3 is 0 Å². The standard InChI is InChI=1S/C45H45IN4O4/c1-5-7-12-31-49(38-15-10-9-11-16-38)44(53)35-21-27-37(28-22-35)48(4)42(51)33-19-25-36(26-20-33)47(3)43(52)34-23-29-39(30-24-34)50(32-13-8-6-2)45(54)40-17-14-18-41(40)46/h5-6,9-11,14-30,40H,1-2,7-8,12-13,31-32H2,3-4H3. The van der Waals surface area contributed by atoms with Gasteiger partial charge in [-0.25, -0.2) is 0 Å². The second-order valence-electron chi connectivity index (χ2n) is 12.9. The molecule has 0 bridgehead atoms. The quantitative estimate of drug-likeness (QED) is 0.0640. The van der Waals surface area contributed by atoms with Gasteiger partial charge in [-0.2, -0.15) is 0 Å². The molecule has 276 valence electrons. The number of rotatable bonds is 16. The zero-order valence-corrected chi connectivity index (χ0v) is 32.9. The van der Waals surface area contributed by atoms with Crippen LogP contribution >= 0.6 is 22.6 Å². The summed E-state index contributed by atoms with van der Waals surface area (Å²) >= 11 is 2.20.